The predicted molar refractivity (Wildman–Crippen MR) is 66.9 cm³/mol. The number of aliphatic hydroxyl groups is 1. The molecule has 3 rings (SSSR count). The smallest absolute Gasteiger partial charge is 0.0785 e. The SMILES string of the molecule is Nc1ccc2c(c1)CC(O)C(C1CCOC1)N2. The van der Waals surface area contributed by atoms with Crippen LogP contribution in [-0.4, -0.2) is 30.5 Å². The highest BCUT2D eigenvalue weighted by atomic mass is 16.5. The second kappa shape index (κ2) is 4.20. The lowest BCUT2D eigenvalue weighted by Crippen LogP contribution is -2.44. The number of anilines is 2. The summed E-state index contributed by atoms with van der Waals surface area (Å²) in [5, 5.41) is 13.6. The molecule has 1 fully saturated rings. The van der Waals surface area contributed by atoms with Gasteiger partial charge in [0.15, 0.2) is 0 Å². The van der Waals surface area contributed by atoms with E-state index in [1.54, 1.807) is 0 Å². The second-order valence-corrected chi connectivity index (χ2v) is 4.98. The number of ether oxygens (including phenoxy) is 1. The predicted octanol–water partition coefficient (Wildman–Crippen LogP) is 1.00. The van der Waals surface area contributed by atoms with Gasteiger partial charge in [0, 0.05) is 30.3 Å². The van der Waals surface area contributed by atoms with E-state index in [9.17, 15) is 5.11 Å². The number of fused-ring (bicyclic) bond motifs is 1. The second-order valence-electron chi connectivity index (χ2n) is 4.98. The van der Waals surface area contributed by atoms with Gasteiger partial charge in [0.05, 0.1) is 18.8 Å². The Balaban J connectivity index is 1.84. The van der Waals surface area contributed by atoms with Crippen molar-refractivity contribution in [3.8, 4) is 0 Å². The molecular weight excluding hydrogens is 216 g/mol. The summed E-state index contributed by atoms with van der Waals surface area (Å²) in [5.74, 6) is 0.413. The first kappa shape index (κ1) is 10.9. The first-order valence-electron chi connectivity index (χ1n) is 6.15. The average molecular weight is 234 g/mol. The van der Waals surface area contributed by atoms with E-state index in [1.165, 1.54) is 0 Å². The van der Waals surface area contributed by atoms with Crippen LogP contribution in [0.3, 0.4) is 0 Å². The van der Waals surface area contributed by atoms with Gasteiger partial charge in [0.25, 0.3) is 0 Å². The van der Waals surface area contributed by atoms with E-state index in [0.717, 1.165) is 36.6 Å². The molecule has 2 aliphatic rings. The highest BCUT2D eigenvalue weighted by Gasteiger charge is 2.34. The quantitative estimate of drug-likeness (QED) is 0.634. The molecule has 17 heavy (non-hydrogen) atoms. The maximum atomic E-state index is 10.2. The van der Waals surface area contributed by atoms with Crippen molar-refractivity contribution in [2.24, 2.45) is 5.92 Å². The Morgan fingerprint density at radius 1 is 1.41 bits per heavy atom. The fraction of sp³-hybridized carbons (Fsp3) is 0.538. The summed E-state index contributed by atoms with van der Waals surface area (Å²) in [6, 6.07) is 5.94. The minimum Gasteiger partial charge on any atom is -0.399 e. The van der Waals surface area contributed by atoms with Gasteiger partial charge in [-0.2, -0.15) is 0 Å². The molecule has 1 aromatic rings. The zero-order valence-corrected chi connectivity index (χ0v) is 9.73. The van der Waals surface area contributed by atoms with Gasteiger partial charge in [0.1, 0.15) is 0 Å². The molecule has 4 nitrogen and oxygen atoms in total. The highest BCUT2D eigenvalue weighted by Crippen LogP contribution is 2.32. The van der Waals surface area contributed by atoms with E-state index in [1.807, 2.05) is 18.2 Å². The molecule has 92 valence electrons. The van der Waals surface area contributed by atoms with Crippen LogP contribution in [0.15, 0.2) is 18.2 Å². The Morgan fingerprint density at radius 2 is 2.29 bits per heavy atom. The van der Waals surface area contributed by atoms with E-state index in [-0.39, 0.29) is 12.1 Å². The maximum Gasteiger partial charge on any atom is 0.0785 e. The van der Waals surface area contributed by atoms with Crippen molar-refractivity contribution < 1.29 is 9.84 Å². The molecule has 1 saturated heterocycles. The van der Waals surface area contributed by atoms with E-state index in [4.69, 9.17) is 10.5 Å². The highest BCUT2D eigenvalue weighted by molar-refractivity contribution is 5.60. The summed E-state index contributed by atoms with van der Waals surface area (Å²) >= 11 is 0. The Hall–Kier alpha value is -1.26. The van der Waals surface area contributed by atoms with Gasteiger partial charge in [-0.15, -0.1) is 0 Å². The summed E-state index contributed by atoms with van der Waals surface area (Å²) in [5.41, 5.74) is 8.71. The van der Waals surface area contributed by atoms with Crippen molar-refractivity contribution >= 4 is 11.4 Å². The molecule has 3 atom stereocenters. The Kier molecular flexibility index (Phi) is 2.68. The Morgan fingerprint density at radius 3 is 3.06 bits per heavy atom. The first-order chi connectivity index (χ1) is 8.24. The maximum absolute atomic E-state index is 10.2. The minimum absolute atomic E-state index is 0.105. The molecule has 1 aromatic carbocycles. The number of benzene rings is 1. The number of nitrogens with one attached hydrogen (secondary N) is 1. The summed E-state index contributed by atoms with van der Waals surface area (Å²) < 4.78 is 5.39. The average Bonchev–Trinajstić information content (AvgIpc) is 2.81. The summed E-state index contributed by atoms with van der Waals surface area (Å²) in [6.07, 6.45) is 1.35. The molecule has 0 aromatic heterocycles. The van der Waals surface area contributed by atoms with E-state index in [2.05, 4.69) is 5.32 Å². The van der Waals surface area contributed by atoms with Crippen molar-refractivity contribution in [2.75, 3.05) is 24.3 Å². The van der Waals surface area contributed by atoms with Gasteiger partial charge < -0.3 is 20.9 Å². The van der Waals surface area contributed by atoms with Gasteiger partial charge in [-0.3, -0.25) is 0 Å². The van der Waals surface area contributed by atoms with Crippen LogP contribution in [-0.2, 0) is 11.2 Å². The fourth-order valence-corrected chi connectivity index (χ4v) is 2.82. The standard InChI is InChI=1S/C13H18N2O2/c14-10-1-2-11-9(5-10)6-12(16)13(15-11)8-3-4-17-7-8/h1-2,5,8,12-13,15-16H,3-4,6-7,14H2. The van der Waals surface area contributed by atoms with Crippen LogP contribution in [0, 0.1) is 5.92 Å². The fourth-order valence-electron chi connectivity index (χ4n) is 2.82. The molecule has 4 heteroatoms. The molecular formula is C13H18N2O2. The Labute approximate surface area is 101 Å². The zero-order chi connectivity index (χ0) is 11.8. The molecule has 2 heterocycles. The number of nitrogen functional groups attached to an aromatic ring is 1. The number of hydrogen-bond acceptors (Lipinski definition) is 4. The molecule has 0 aliphatic carbocycles. The molecule has 0 spiro atoms. The van der Waals surface area contributed by atoms with Crippen LogP contribution in [0.1, 0.15) is 12.0 Å². The van der Waals surface area contributed by atoms with E-state index >= 15 is 0 Å². The summed E-state index contributed by atoms with van der Waals surface area (Å²) in [6.45, 7) is 1.56. The number of nitrogens with two attached hydrogens (primary N) is 1. The first-order valence-corrected chi connectivity index (χ1v) is 6.15. The lowest BCUT2D eigenvalue weighted by atomic mass is 9.86. The zero-order valence-electron chi connectivity index (χ0n) is 9.73. The normalized spacial score (nSPS) is 31.9. The lowest BCUT2D eigenvalue weighted by Gasteiger charge is -2.35. The van der Waals surface area contributed by atoms with Gasteiger partial charge in [-0.1, -0.05) is 0 Å². The third kappa shape index (κ3) is 1.98. The number of hydrogen-bond donors (Lipinski definition) is 3. The van der Waals surface area contributed by atoms with E-state index < -0.39 is 0 Å². The molecule has 4 N–H and O–H groups in total. The molecule has 0 saturated carbocycles. The van der Waals surface area contributed by atoms with Gasteiger partial charge in [0.2, 0.25) is 0 Å². The number of rotatable bonds is 1. The molecule has 0 radical (unpaired) electrons. The van der Waals surface area contributed by atoms with Crippen LogP contribution in [0.2, 0.25) is 0 Å². The van der Waals surface area contributed by atoms with Crippen LogP contribution in [0.4, 0.5) is 11.4 Å². The van der Waals surface area contributed by atoms with Crippen LogP contribution < -0.4 is 11.1 Å². The monoisotopic (exact) mass is 234 g/mol. The molecule has 3 unspecified atom stereocenters. The van der Waals surface area contributed by atoms with Crippen LogP contribution >= 0.6 is 0 Å². The van der Waals surface area contributed by atoms with Crippen LogP contribution in [0.5, 0.6) is 0 Å². The third-order valence-corrected chi connectivity index (χ3v) is 3.77. The van der Waals surface area contributed by atoms with Crippen molar-refractivity contribution in [3.63, 3.8) is 0 Å². The minimum atomic E-state index is -0.351. The van der Waals surface area contributed by atoms with Crippen LogP contribution in [0.25, 0.3) is 0 Å². The largest absolute Gasteiger partial charge is 0.399 e. The van der Waals surface area contributed by atoms with Gasteiger partial charge in [-0.25, -0.2) is 0 Å². The Bertz CT molecular complexity index is 416. The van der Waals surface area contributed by atoms with Gasteiger partial charge in [-0.05, 0) is 30.2 Å². The van der Waals surface area contributed by atoms with E-state index in [0.29, 0.717) is 12.3 Å². The molecule has 0 bridgehead atoms. The third-order valence-electron chi connectivity index (χ3n) is 3.77. The topological polar surface area (TPSA) is 67.5 Å². The van der Waals surface area contributed by atoms with Crippen molar-refractivity contribution in [1.29, 1.82) is 0 Å². The van der Waals surface area contributed by atoms with Crippen molar-refractivity contribution in [1.82, 2.24) is 0 Å². The van der Waals surface area contributed by atoms with Crippen molar-refractivity contribution in [2.45, 2.75) is 25.0 Å². The number of aliphatic hydroxyl groups excluding tert-OH is 1. The lowest BCUT2D eigenvalue weighted by molar-refractivity contribution is 0.111. The summed E-state index contributed by atoms with van der Waals surface area (Å²) in [7, 11) is 0. The molecule has 2 aliphatic heterocycles. The van der Waals surface area contributed by atoms with Gasteiger partial charge >= 0.3 is 0 Å². The molecule has 0 amide bonds. The van der Waals surface area contributed by atoms with Crippen molar-refractivity contribution in [3.05, 3.63) is 23.8 Å². The summed E-state index contributed by atoms with van der Waals surface area (Å²) in [4.78, 5) is 0.